The molecule has 1 aromatic heterocycles. The van der Waals surface area contributed by atoms with Crippen LogP contribution >= 0.6 is 0 Å². The van der Waals surface area contributed by atoms with E-state index in [9.17, 15) is 0 Å². The molecule has 0 aromatic carbocycles. The molecule has 0 radical (unpaired) electrons. The zero-order valence-electron chi connectivity index (χ0n) is 18.5. The highest BCUT2D eigenvalue weighted by molar-refractivity contribution is 7.79. The highest BCUT2D eigenvalue weighted by Gasteiger charge is 1.98. The van der Waals surface area contributed by atoms with E-state index in [1.165, 1.54) is 109 Å². The molecule has 0 amide bonds. The minimum Gasteiger partial charge on any atom is -0.264 e. The predicted molar refractivity (Wildman–Crippen MR) is 120 cm³/mol. The molecule has 6 heteroatoms. The molecule has 0 aliphatic heterocycles. The lowest BCUT2D eigenvalue weighted by molar-refractivity contribution is -0.697. The lowest BCUT2D eigenvalue weighted by Gasteiger charge is -2.03. The van der Waals surface area contributed by atoms with Crippen molar-refractivity contribution in [2.75, 3.05) is 0 Å². The predicted octanol–water partition coefficient (Wildman–Crippen LogP) is 6.58. The maximum absolute atomic E-state index is 8.74. The van der Waals surface area contributed by atoms with Crippen molar-refractivity contribution in [3.05, 3.63) is 30.6 Å². The molecule has 0 saturated heterocycles. The van der Waals surface area contributed by atoms with E-state index in [0.29, 0.717) is 0 Å². The molecular formula is C23H44NO4S+. The molecule has 29 heavy (non-hydrogen) atoms. The van der Waals surface area contributed by atoms with Crippen molar-refractivity contribution in [1.29, 1.82) is 0 Å². The first-order valence-electron chi connectivity index (χ1n) is 11.6. The Labute approximate surface area is 179 Å². The molecule has 5 nitrogen and oxygen atoms in total. The van der Waals surface area contributed by atoms with Gasteiger partial charge in [0.1, 0.15) is 6.54 Å². The highest BCUT2D eigenvalue weighted by atomic mass is 32.3. The lowest BCUT2D eigenvalue weighted by atomic mass is 10.0. The number of aryl methyl sites for hydroxylation is 1. The van der Waals surface area contributed by atoms with Gasteiger partial charge in [-0.3, -0.25) is 9.11 Å². The first-order valence-corrected chi connectivity index (χ1v) is 13.0. The van der Waals surface area contributed by atoms with Crippen LogP contribution in [0.2, 0.25) is 0 Å². The normalized spacial score (nSPS) is 11.1. The van der Waals surface area contributed by atoms with Gasteiger partial charge in [-0.1, -0.05) is 103 Å². The molecule has 0 aliphatic rings. The van der Waals surface area contributed by atoms with Crippen LogP contribution in [0.5, 0.6) is 0 Å². The van der Waals surface area contributed by atoms with Gasteiger partial charge in [0, 0.05) is 18.6 Å². The zero-order chi connectivity index (χ0) is 21.6. The zero-order valence-corrected chi connectivity index (χ0v) is 19.3. The van der Waals surface area contributed by atoms with Gasteiger partial charge in [-0.05, 0) is 6.42 Å². The van der Waals surface area contributed by atoms with Gasteiger partial charge in [0.05, 0.1) is 0 Å². The fraction of sp³-hybridized carbons (Fsp3) is 0.783. The molecule has 1 aromatic rings. The average Bonchev–Trinajstić information content (AvgIpc) is 2.67. The Kier molecular flexibility index (Phi) is 19.6. The van der Waals surface area contributed by atoms with E-state index in [2.05, 4.69) is 42.1 Å². The molecule has 0 atom stereocenters. The Morgan fingerprint density at radius 3 is 1.24 bits per heavy atom. The van der Waals surface area contributed by atoms with Crippen molar-refractivity contribution >= 4 is 10.4 Å². The molecule has 170 valence electrons. The molecule has 1 rings (SSSR count). The smallest absolute Gasteiger partial charge is 0.264 e. The summed E-state index contributed by atoms with van der Waals surface area (Å²) in [7, 11) is -4.67. The number of rotatable bonds is 17. The summed E-state index contributed by atoms with van der Waals surface area (Å²) in [5.41, 5.74) is 0. The summed E-state index contributed by atoms with van der Waals surface area (Å²) in [6.45, 7) is 3.48. The van der Waals surface area contributed by atoms with Crippen LogP contribution in [0.4, 0.5) is 0 Å². The van der Waals surface area contributed by atoms with Crippen LogP contribution in [0.25, 0.3) is 0 Å². The Bertz CT molecular complexity index is 541. The fourth-order valence-corrected chi connectivity index (χ4v) is 3.43. The van der Waals surface area contributed by atoms with Gasteiger partial charge in [0.25, 0.3) is 0 Å². The van der Waals surface area contributed by atoms with E-state index in [1.807, 2.05) is 0 Å². The number of hydrogen-bond acceptors (Lipinski definition) is 2. The lowest BCUT2D eigenvalue weighted by Crippen LogP contribution is -2.32. The van der Waals surface area contributed by atoms with E-state index >= 15 is 0 Å². The summed E-state index contributed by atoms with van der Waals surface area (Å²) in [6, 6.07) is 6.32. The Balaban J connectivity index is 0.00000139. The standard InChI is InChI=1S/C23H42N.H2O4S/c1-2-3-4-5-6-7-8-9-10-11-12-13-14-15-16-18-21-24-22-19-17-20-23-24;1-5(2,3)4/h17,19-20,22-23H,2-16,18,21H2,1H3;(H2,1,2,3,4)/q+1;. The van der Waals surface area contributed by atoms with Gasteiger partial charge in [-0.25, -0.2) is 4.57 Å². The molecule has 0 bridgehead atoms. The Morgan fingerprint density at radius 2 is 0.897 bits per heavy atom. The van der Waals surface area contributed by atoms with E-state index < -0.39 is 10.4 Å². The third-order valence-corrected chi connectivity index (χ3v) is 5.05. The second-order valence-electron chi connectivity index (χ2n) is 7.86. The Hall–Kier alpha value is -0.980. The van der Waals surface area contributed by atoms with Crippen LogP contribution in [0, 0.1) is 0 Å². The summed E-state index contributed by atoms with van der Waals surface area (Å²) in [6.07, 6.45) is 27.4. The van der Waals surface area contributed by atoms with Crippen molar-refractivity contribution in [3.63, 3.8) is 0 Å². The monoisotopic (exact) mass is 430 g/mol. The van der Waals surface area contributed by atoms with E-state index in [4.69, 9.17) is 17.5 Å². The van der Waals surface area contributed by atoms with Crippen LogP contribution in [-0.4, -0.2) is 17.5 Å². The first kappa shape index (κ1) is 28.0. The van der Waals surface area contributed by atoms with E-state index in [0.717, 1.165) is 0 Å². The van der Waals surface area contributed by atoms with Gasteiger partial charge in [-0.2, -0.15) is 8.42 Å². The maximum atomic E-state index is 8.74. The minimum atomic E-state index is -4.67. The molecule has 0 fully saturated rings. The summed E-state index contributed by atoms with van der Waals surface area (Å²) < 4.78 is 33.9. The van der Waals surface area contributed by atoms with Gasteiger partial charge in [0.2, 0.25) is 0 Å². The summed E-state index contributed by atoms with van der Waals surface area (Å²) in [5.74, 6) is 0. The van der Waals surface area contributed by atoms with Crippen LogP contribution in [-0.2, 0) is 16.9 Å². The number of nitrogens with zero attached hydrogens (tertiary/aromatic N) is 1. The number of aromatic nitrogens is 1. The third-order valence-electron chi connectivity index (χ3n) is 5.05. The number of unbranched alkanes of at least 4 members (excludes halogenated alkanes) is 15. The quantitative estimate of drug-likeness (QED) is 0.166. The van der Waals surface area contributed by atoms with Crippen molar-refractivity contribution in [2.45, 2.75) is 116 Å². The second-order valence-corrected chi connectivity index (χ2v) is 8.76. The molecule has 0 saturated carbocycles. The molecule has 1 heterocycles. The van der Waals surface area contributed by atoms with Gasteiger partial charge >= 0.3 is 10.4 Å². The fourth-order valence-electron chi connectivity index (χ4n) is 3.43. The molecule has 0 spiro atoms. The van der Waals surface area contributed by atoms with Crippen molar-refractivity contribution in [2.24, 2.45) is 0 Å². The highest BCUT2D eigenvalue weighted by Crippen LogP contribution is 2.13. The van der Waals surface area contributed by atoms with Crippen LogP contribution in [0.1, 0.15) is 110 Å². The molecule has 0 unspecified atom stereocenters. The summed E-state index contributed by atoms with van der Waals surface area (Å²) in [4.78, 5) is 0. The maximum Gasteiger partial charge on any atom is 0.394 e. The van der Waals surface area contributed by atoms with E-state index in [1.54, 1.807) is 0 Å². The largest absolute Gasteiger partial charge is 0.394 e. The number of hydrogen-bond donors (Lipinski definition) is 2. The average molecular weight is 431 g/mol. The van der Waals surface area contributed by atoms with Crippen molar-refractivity contribution < 1.29 is 22.1 Å². The van der Waals surface area contributed by atoms with Gasteiger partial charge < -0.3 is 0 Å². The van der Waals surface area contributed by atoms with Gasteiger partial charge in [0.15, 0.2) is 12.4 Å². The second kappa shape index (κ2) is 20.3. The summed E-state index contributed by atoms with van der Waals surface area (Å²) in [5, 5.41) is 0. The Morgan fingerprint density at radius 1 is 0.586 bits per heavy atom. The van der Waals surface area contributed by atoms with Crippen LogP contribution in [0.15, 0.2) is 30.6 Å². The van der Waals surface area contributed by atoms with Crippen LogP contribution in [0.3, 0.4) is 0 Å². The number of pyridine rings is 1. The molecule has 2 N–H and O–H groups in total. The van der Waals surface area contributed by atoms with Crippen molar-refractivity contribution in [1.82, 2.24) is 0 Å². The van der Waals surface area contributed by atoms with Crippen LogP contribution < -0.4 is 4.57 Å². The SMILES string of the molecule is CCCCCCCCCCCCCCCCCC[n+]1ccccc1.O=S(=O)(O)O. The third kappa shape index (κ3) is 27.0. The first-order chi connectivity index (χ1) is 13.9. The summed E-state index contributed by atoms with van der Waals surface area (Å²) >= 11 is 0. The van der Waals surface area contributed by atoms with Crippen molar-refractivity contribution in [3.8, 4) is 0 Å². The molecular weight excluding hydrogens is 386 g/mol. The topological polar surface area (TPSA) is 78.5 Å². The molecule has 0 aliphatic carbocycles. The van der Waals surface area contributed by atoms with E-state index in [-0.39, 0.29) is 0 Å². The van der Waals surface area contributed by atoms with Gasteiger partial charge in [-0.15, -0.1) is 0 Å². The minimum absolute atomic E-state index is 1.18.